The van der Waals surface area contributed by atoms with E-state index in [0.717, 1.165) is 22.5 Å². The summed E-state index contributed by atoms with van der Waals surface area (Å²) in [6, 6.07) is 5.93. The summed E-state index contributed by atoms with van der Waals surface area (Å²) in [5.41, 5.74) is 0.824. The fraction of sp³-hybridized carbons (Fsp3) is 0.385. The molecule has 0 aliphatic carbocycles. The van der Waals surface area contributed by atoms with Gasteiger partial charge in [0.05, 0.1) is 24.7 Å². The van der Waals surface area contributed by atoms with Crippen LogP contribution in [0.4, 0.5) is 11.7 Å². The molecule has 2 rings (SSSR count). The first-order chi connectivity index (χ1) is 10.2. The summed E-state index contributed by atoms with van der Waals surface area (Å²) >= 11 is 3.42. The predicted octanol–water partition coefficient (Wildman–Crippen LogP) is 2.32. The van der Waals surface area contributed by atoms with Gasteiger partial charge in [0.1, 0.15) is 5.75 Å². The van der Waals surface area contributed by atoms with Crippen LogP contribution in [0.25, 0.3) is 0 Å². The molecule has 0 saturated carbocycles. The van der Waals surface area contributed by atoms with Gasteiger partial charge in [-0.3, -0.25) is 0 Å². The van der Waals surface area contributed by atoms with E-state index in [2.05, 4.69) is 36.8 Å². The second-order valence-electron chi connectivity index (χ2n) is 4.14. The molecule has 7 nitrogen and oxygen atoms in total. The van der Waals surface area contributed by atoms with Crippen molar-refractivity contribution >= 4 is 27.6 Å². The first-order valence-corrected chi connectivity index (χ1v) is 7.15. The number of hydrogen-bond donors (Lipinski definition) is 2. The van der Waals surface area contributed by atoms with Crippen LogP contribution in [-0.4, -0.2) is 37.6 Å². The summed E-state index contributed by atoms with van der Waals surface area (Å²) in [4.78, 5) is 0. The zero-order valence-electron chi connectivity index (χ0n) is 11.9. The molecule has 114 valence electrons. The van der Waals surface area contributed by atoms with Gasteiger partial charge in [0.25, 0.3) is 0 Å². The summed E-state index contributed by atoms with van der Waals surface area (Å²) in [5, 5.41) is 14.1. The van der Waals surface area contributed by atoms with Crippen molar-refractivity contribution in [2.75, 3.05) is 32.7 Å². The molecule has 2 aromatic rings. The van der Waals surface area contributed by atoms with Gasteiger partial charge < -0.3 is 24.5 Å². The summed E-state index contributed by atoms with van der Waals surface area (Å²) in [7, 11) is 3.28. The molecule has 0 aliphatic heterocycles. The van der Waals surface area contributed by atoms with E-state index in [0.29, 0.717) is 25.1 Å². The minimum atomic E-state index is 0.343. The fourth-order valence-corrected chi connectivity index (χ4v) is 2.15. The Balaban J connectivity index is 1.91. The molecule has 0 spiro atoms. The number of aromatic nitrogens is 2. The van der Waals surface area contributed by atoms with Crippen LogP contribution in [0.5, 0.6) is 5.75 Å². The van der Waals surface area contributed by atoms with E-state index in [9.17, 15) is 0 Å². The standard InChI is InChI=1S/C13H17BrN4O3/c1-19-6-5-15-8-12-17-18-13(21-12)16-9-3-4-11(20-2)10(14)7-9/h3-4,7,15H,5-6,8H2,1-2H3,(H,16,18). The lowest BCUT2D eigenvalue weighted by atomic mass is 10.3. The van der Waals surface area contributed by atoms with Gasteiger partial charge in [-0.2, -0.15) is 0 Å². The first-order valence-electron chi connectivity index (χ1n) is 6.35. The zero-order valence-corrected chi connectivity index (χ0v) is 13.4. The predicted molar refractivity (Wildman–Crippen MR) is 81.9 cm³/mol. The van der Waals surface area contributed by atoms with Crippen LogP contribution in [0.1, 0.15) is 5.89 Å². The highest BCUT2D eigenvalue weighted by Gasteiger charge is 2.07. The van der Waals surface area contributed by atoms with Gasteiger partial charge in [-0.05, 0) is 34.1 Å². The molecule has 0 atom stereocenters. The van der Waals surface area contributed by atoms with Crippen LogP contribution in [0.3, 0.4) is 0 Å². The Bertz CT molecular complexity index is 576. The van der Waals surface area contributed by atoms with Crippen molar-refractivity contribution in [2.45, 2.75) is 6.54 Å². The van der Waals surface area contributed by atoms with E-state index in [1.54, 1.807) is 14.2 Å². The Morgan fingerprint density at radius 3 is 2.86 bits per heavy atom. The minimum Gasteiger partial charge on any atom is -0.496 e. The van der Waals surface area contributed by atoms with E-state index in [1.807, 2.05) is 18.2 Å². The summed E-state index contributed by atoms with van der Waals surface area (Å²) < 4.78 is 16.4. The third kappa shape index (κ3) is 4.69. The Labute approximate surface area is 131 Å². The van der Waals surface area contributed by atoms with Crippen LogP contribution < -0.4 is 15.4 Å². The number of nitrogens with zero attached hydrogens (tertiary/aromatic N) is 2. The maximum atomic E-state index is 5.48. The van der Waals surface area contributed by atoms with Gasteiger partial charge in [-0.25, -0.2) is 0 Å². The zero-order chi connectivity index (χ0) is 15.1. The van der Waals surface area contributed by atoms with E-state index < -0.39 is 0 Å². The number of rotatable bonds is 8. The molecule has 1 aromatic heterocycles. The maximum absolute atomic E-state index is 5.48. The quantitative estimate of drug-likeness (QED) is 0.702. The average molecular weight is 357 g/mol. The lowest BCUT2D eigenvalue weighted by molar-refractivity contribution is 0.198. The molecule has 1 heterocycles. The monoisotopic (exact) mass is 356 g/mol. The smallest absolute Gasteiger partial charge is 0.320 e. The summed E-state index contributed by atoms with van der Waals surface area (Å²) in [6.45, 7) is 1.87. The first kappa shape index (κ1) is 15.7. The number of ether oxygens (including phenoxy) is 2. The van der Waals surface area contributed by atoms with Crippen LogP contribution >= 0.6 is 15.9 Å². The van der Waals surface area contributed by atoms with E-state index >= 15 is 0 Å². The van der Waals surface area contributed by atoms with Gasteiger partial charge in [-0.1, -0.05) is 5.10 Å². The number of hydrogen-bond acceptors (Lipinski definition) is 7. The average Bonchev–Trinajstić information content (AvgIpc) is 2.91. The van der Waals surface area contributed by atoms with Crippen molar-refractivity contribution < 1.29 is 13.9 Å². The van der Waals surface area contributed by atoms with Crippen LogP contribution in [0, 0.1) is 0 Å². The molecule has 0 unspecified atom stereocenters. The lowest BCUT2D eigenvalue weighted by Crippen LogP contribution is -2.18. The summed E-state index contributed by atoms with van der Waals surface area (Å²) in [6.07, 6.45) is 0. The molecule has 8 heteroatoms. The molecule has 0 aliphatic rings. The highest BCUT2D eigenvalue weighted by molar-refractivity contribution is 9.10. The van der Waals surface area contributed by atoms with E-state index in [-0.39, 0.29) is 0 Å². The van der Waals surface area contributed by atoms with Gasteiger partial charge in [0.15, 0.2) is 0 Å². The highest BCUT2D eigenvalue weighted by Crippen LogP contribution is 2.28. The van der Waals surface area contributed by atoms with E-state index in [1.165, 1.54) is 0 Å². The molecule has 21 heavy (non-hydrogen) atoms. The Morgan fingerprint density at radius 1 is 1.29 bits per heavy atom. The molecule has 0 saturated heterocycles. The lowest BCUT2D eigenvalue weighted by Gasteiger charge is -2.06. The van der Waals surface area contributed by atoms with Crippen LogP contribution in [-0.2, 0) is 11.3 Å². The van der Waals surface area contributed by atoms with Crippen LogP contribution in [0.15, 0.2) is 27.1 Å². The van der Waals surface area contributed by atoms with Crippen molar-refractivity contribution in [1.82, 2.24) is 15.5 Å². The number of nitrogens with one attached hydrogen (secondary N) is 2. The van der Waals surface area contributed by atoms with Gasteiger partial charge in [0.2, 0.25) is 5.89 Å². The molecular formula is C13H17BrN4O3. The molecule has 2 N–H and O–H groups in total. The number of halogens is 1. The third-order valence-corrected chi connectivity index (χ3v) is 3.25. The van der Waals surface area contributed by atoms with Crippen molar-refractivity contribution in [2.24, 2.45) is 0 Å². The molecular weight excluding hydrogens is 340 g/mol. The fourth-order valence-electron chi connectivity index (χ4n) is 1.61. The second-order valence-corrected chi connectivity index (χ2v) is 5.00. The highest BCUT2D eigenvalue weighted by atomic mass is 79.9. The van der Waals surface area contributed by atoms with E-state index in [4.69, 9.17) is 13.9 Å². The molecule has 0 fully saturated rings. The molecule has 1 aromatic carbocycles. The Morgan fingerprint density at radius 2 is 2.14 bits per heavy atom. The largest absolute Gasteiger partial charge is 0.496 e. The minimum absolute atomic E-state index is 0.343. The number of anilines is 2. The van der Waals surface area contributed by atoms with Crippen molar-refractivity contribution in [3.8, 4) is 5.75 Å². The Kier molecular flexibility index (Phi) is 5.97. The normalized spacial score (nSPS) is 10.6. The molecule has 0 bridgehead atoms. The SMILES string of the molecule is COCCNCc1nnc(Nc2ccc(OC)c(Br)c2)o1. The number of benzene rings is 1. The Hall–Kier alpha value is -1.64. The maximum Gasteiger partial charge on any atom is 0.320 e. The topological polar surface area (TPSA) is 81.4 Å². The van der Waals surface area contributed by atoms with Gasteiger partial charge >= 0.3 is 6.01 Å². The second kappa shape index (κ2) is 7.96. The van der Waals surface area contributed by atoms with Gasteiger partial charge in [0, 0.05) is 19.3 Å². The molecule has 0 radical (unpaired) electrons. The summed E-state index contributed by atoms with van der Waals surface area (Å²) in [5.74, 6) is 1.27. The van der Waals surface area contributed by atoms with Crippen LogP contribution in [0.2, 0.25) is 0 Å². The van der Waals surface area contributed by atoms with Crippen molar-refractivity contribution in [3.63, 3.8) is 0 Å². The van der Waals surface area contributed by atoms with Gasteiger partial charge in [-0.15, -0.1) is 5.10 Å². The van der Waals surface area contributed by atoms with Crippen molar-refractivity contribution in [3.05, 3.63) is 28.6 Å². The number of methoxy groups -OCH3 is 2. The molecule has 0 amide bonds. The third-order valence-electron chi connectivity index (χ3n) is 2.63. The van der Waals surface area contributed by atoms with Crippen molar-refractivity contribution in [1.29, 1.82) is 0 Å².